The van der Waals surface area contributed by atoms with Crippen molar-refractivity contribution in [3.05, 3.63) is 35.4 Å². The van der Waals surface area contributed by atoms with Crippen molar-refractivity contribution in [3.8, 4) is 0 Å². The highest BCUT2D eigenvalue weighted by Gasteiger charge is 2.30. The second-order valence-corrected chi connectivity index (χ2v) is 5.12. The first-order valence-electron chi connectivity index (χ1n) is 5.97. The standard InChI is InChI=1S/C13H18ClF3N2/c1-19(2)7-6-18-9-12(14)10-4-3-5-11(8-10)13(15,16)17/h3-5,8,12,18H,6-7,9H2,1-2H3. The molecule has 1 unspecified atom stereocenters. The van der Waals surface area contributed by atoms with Crippen LogP contribution in [-0.2, 0) is 6.18 Å². The number of nitrogens with one attached hydrogen (secondary N) is 1. The van der Waals surface area contributed by atoms with Crippen molar-refractivity contribution in [2.75, 3.05) is 33.7 Å². The Morgan fingerprint density at radius 1 is 1.32 bits per heavy atom. The molecule has 19 heavy (non-hydrogen) atoms. The molecule has 0 heterocycles. The van der Waals surface area contributed by atoms with Gasteiger partial charge in [0.05, 0.1) is 10.9 Å². The summed E-state index contributed by atoms with van der Waals surface area (Å²) in [7, 11) is 3.90. The number of benzene rings is 1. The molecule has 0 bridgehead atoms. The van der Waals surface area contributed by atoms with Gasteiger partial charge in [-0.15, -0.1) is 11.6 Å². The molecule has 1 aromatic carbocycles. The Labute approximate surface area is 116 Å². The fraction of sp³-hybridized carbons (Fsp3) is 0.538. The van der Waals surface area contributed by atoms with E-state index >= 15 is 0 Å². The van der Waals surface area contributed by atoms with Crippen molar-refractivity contribution in [2.45, 2.75) is 11.6 Å². The second-order valence-electron chi connectivity index (χ2n) is 4.60. The highest BCUT2D eigenvalue weighted by atomic mass is 35.5. The van der Waals surface area contributed by atoms with Crippen LogP contribution >= 0.6 is 11.6 Å². The van der Waals surface area contributed by atoms with Gasteiger partial charge in [-0.2, -0.15) is 13.2 Å². The monoisotopic (exact) mass is 294 g/mol. The van der Waals surface area contributed by atoms with Gasteiger partial charge in [-0.3, -0.25) is 0 Å². The van der Waals surface area contributed by atoms with Gasteiger partial charge in [0.1, 0.15) is 0 Å². The number of alkyl halides is 4. The molecule has 1 rings (SSSR count). The molecule has 0 fully saturated rings. The van der Waals surface area contributed by atoms with Crippen LogP contribution in [0.25, 0.3) is 0 Å². The summed E-state index contributed by atoms with van der Waals surface area (Å²) in [5.74, 6) is 0. The van der Waals surface area contributed by atoms with Gasteiger partial charge in [0.25, 0.3) is 0 Å². The van der Waals surface area contributed by atoms with E-state index in [1.54, 1.807) is 6.07 Å². The largest absolute Gasteiger partial charge is 0.416 e. The van der Waals surface area contributed by atoms with Gasteiger partial charge in [0.2, 0.25) is 0 Å². The van der Waals surface area contributed by atoms with Gasteiger partial charge in [-0.05, 0) is 25.7 Å². The Morgan fingerprint density at radius 2 is 2.00 bits per heavy atom. The first-order valence-corrected chi connectivity index (χ1v) is 6.41. The number of hydrogen-bond donors (Lipinski definition) is 1. The van der Waals surface area contributed by atoms with Crippen molar-refractivity contribution < 1.29 is 13.2 Å². The summed E-state index contributed by atoms with van der Waals surface area (Å²) in [4.78, 5) is 2.01. The summed E-state index contributed by atoms with van der Waals surface area (Å²) in [5.41, 5.74) is -0.183. The first-order chi connectivity index (χ1) is 8.80. The molecule has 0 aliphatic carbocycles. The van der Waals surface area contributed by atoms with E-state index in [-0.39, 0.29) is 0 Å². The lowest BCUT2D eigenvalue weighted by atomic mass is 10.1. The van der Waals surface area contributed by atoms with Crippen LogP contribution in [0.15, 0.2) is 24.3 Å². The molecule has 108 valence electrons. The topological polar surface area (TPSA) is 15.3 Å². The van der Waals surface area contributed by atoms with Crippen LogP contribution in [0.5, 0.6) is 0 Å². The Morgan fingerprint density at radius 3 is 2.58 bits per heavy atom. The van der Waals surface area contributed by atoms with Gasteiger partial charge in [-0.1, -0.05) is 18.2 Å². The minimum absolute atomic E-state index is 0.441. The number of nitrogens with zero attached hydrogens (tertiary/aromatic N) is 1. The fourth-order valence-corrected chi connectivity index (χ4v) is 1.80. The van der Waals surface area contributed by atoms with Gasteiger partial charge in [0, 0.05) is 19.6 Å². The van der Waals surface area contributed by atoms with Crippen molar-refractivity contribution in [1.29, 1.82) is 0 Å². The summed E-state index contributed by atoms with van der Waals surface area (Å²) in [6.45, 7) is 2.04. The molecule has 0 aliphatic rings. The molecular formula is C13H18ClF3N2. The summed E-state index contributed by atoms with van der Waals surface area (Å²) in [6, 6.07) is 5.14. The summed E-state index contributed by atoms with van der Waals surface area (Å²) in [5, 5.41) is 2.65. The maximum Gasteiger partial charge on any atom is 0.416 e. The average molecular weight is 295 g/mol. The minimum atomic E-state index is -4.33. The lowest BCUT2D eigenvalue weighted by Gasteiger charge is -2.15. The Bertz CT molecular complexity index is 394. The van der Waals surface area contributed by atoms with Gasteiger partial charge in [-0.25, -0.2) is 0 Å². The lowest BCUT2D eigenvalue weighted by Crippen LogP contribution is -2.28. The molecule has 0 aliphatic heterocycles. The van der Waals surface area contributed by atoms with Crippen molar-refractivity contribution >= 4 is 11.6 Å². The highest BCUT2D eigenvalue weighted by Crippen LogP contribution is 2.31. The normalized spacial score (nSPS) is 13.8. The predicted molar refractivity (Wildman–Crippen MR) is 71.5 cm³/mol. The molecule has 0 aromatic heterocycles. The predicted octanol–water partition coefficient (Wildman–Crippen LogP) is 3.14. The molecule has 0 spiro atoms. The van der Waals surface area contributed by atoms with E-state index in [1.165, 1.54) is 6.07 Å². The number of rotatable bonds is 6. The fourth-order valence-electron chi connectivity index (χ4n) is 1.56. The van der Waals surface area contributed by atoms with Gasteiger partial charge in [0.15, 0.2) is 0 Å². The van der Waals surface area contributed by atoms with E-state index in [9.17, 15) is 13.2 Å². The molecule has 1 N–H and O–H groups in total. The van der Waals surface area contributed by atoms with Crippen LogP contribution in [-0.4, -0.2) is 38.6 Å². The summed E-state index contributed by atoms with van der Waals surface area (Å²) in [6.07, 6.45) is -4.33. The summed E-state index contributed by atoms with van der Waals surface area (Å²) < 4.78 is 37.7. The number of halogens is 4. The molecule has 0 radical (unpaired) electrons. The number of likely N-dealkylation sites (N-methyl/N-ethyl adjacent to an activating group) is 1. The van der Waals surface area contributed by atoms with Crippen LogP contribution in [0.2, 0.25) is 0 Å². The third kappa shape index (κ3) is 5.80. The van der Waals surface area contributed by atoms with E-state index in [2.05, 4.69) is 5.32 Å². The zero-order chi connectivity index (χ0) is 14.5. The first kappa shape index (κ1) is 16.3. The van der Waals surface area contributed by atoms with Crippen LogP contribution in [0.4, 0.5) is 13.2 Å². The van der Waals surface area contributed by atoms with E-state index in [0.717, 1.165) is 25.2 Å². The van der Waals surface area contributed by atoms with E-state index < -0.39 is 17.1 Å². The van der Waals surface area contributed by atoms with Crippen molar-refractivity contribution in [1.82, 2.24) is 10.2 Å². The zero-order valence-corrected chi connectivity index (χ0v) is 11.7. The quantitative estimate of drug-likeness (QED) is 0.640. The third-order valence-corrected chi connectivity index (χ3v) is 3.04. The van der Waals surface area contributed by atoms with Crippen LogP contribution < -0.4 is 5.32 Å². The molecule has 2 nitrogen and oxygen atoms in total. The third-order valence-electron chi connectivity index (χ3n) is 2.63. The molecule has 1 aromatic rings. The summed E-state index contributed by atoms with van der Waals surface area (Å²) >= 11 is 6.10. The highest BCUT2D eigenvalue weighted by molar-refractivity contribution is 6.21. The second kappa shape index (κ2) is 7.12. The molecular weight excluding hydrogens is 277 g/mol. The Kier molecular flexibility index (Phi) is 6.10. The molecule has 0 saturated heterocycles. The Hall–Kier alpha value is -0.780. The molecule has 1 atom stereocenters. The van der Waals surface area contributed by atoms with E-state index in [4.69, 9.17) is 11.6 Å². The van der Waals surface area contributed by atoms with E-state index in [1.807, 2.05) is 19.0 Å². The smallest absolute Gasteiger partial charge is 0.314 e. The Balaban J connectivity index is 2.55. The van der Waals surface area contributed by atoms with E-state index in [0.29, 0.717) is 12.1 Å². The van der Waals surface area contributed by atoms with Crippen LogP contribution in [0, 0.1) is 0 Å². The molecule has 6 heteroatoms. The van der Waals surface area contributed by atoms with Gasteiger partial charge >= 0.3 is 6.18 Å². The lowest BCUT2D eigenvalue weighted by molar-refractivity contribution is -0.137. The maximum atomic E-state index is 12.6. The zero-order valence-electron chi connectivity index (χ0n) is 11.0. The average Bonchev–Trinajstić information content (AvgIpc) is 2.33. The minimum Gasteiger partial charge on any atom is -0.314 e. The number of hydrogen-bond acceptors (Lipinski definition) is 2. The van der Waals surface area contributed by atoms with Gasteiger partial charge < -0.3 is 10.2 Å². The van der Waals surface area contributed by atoms with Crippen LogP contribution in [0.1, 0.15) is 16.5 Å². The van der Waals surface area contributed by atoms with Crippen LogP contribution in [0.3, 0.4) is 0 Å². The maximum absolute atomic E-state index is 12.6. The SMILES string of the molecule is CN(C)CCNCC(Cl)c1cccc(C(F)(F)F)c1. The van der Waals surface area contributed by atoms with Crippen molar-refractivity contribution in [3.63, 3.8) is 0 Å². The molecule has 0 saturated carbocycles. The molecule has 0 amide bonds. The van der Waals surface area contributed by atoms with Crippen molar-refractivity contribution in [2.24, 2.45) is 0 Å².